The summed E-state index contributed by atoms with van der Waals surface area (Å²) in [6, 6.07) is 4.26. The summed E-state index contributed by atoms with van der Waals surface area (Å²) in [4.78, 5) is 21.4. The van der Waals surface area contributed by atoms with Gasteiger partial charge in [-0.3, -0.25) is 10.1 Å². The first-order valence-electron chi connectivity index (χ1n) is 4.72. The molecule has 7 heteroatoms. The van der Waals surface area contributed by atoms with Crippen LogP contribution in [-0.4, -0.2) is 17.7 Å². The number of ether oxygens (including phenoxy) is 2. The van der Waals surface area contributed by atoms with Crippen molar-refractivity contribution in [3.05, 3.63) is 33.9 Å². The maximum Gasteiger partial charge on any atom is 0.515 e. The van der Waals surface area contributed by atoms with Crippen molar-refractivity contribution in [2.24, 2.45) is 0 Å². The second-order valence-corrected chi connectivity index (χ2v) is 3.68. The van der Waals surface area contributed by atoms with Crippen LogP contribution in [0, 0.1) is 26.9 Å². The molecule has 0 aliphatic carbocycles. The summed E-state index contributed by atoms with van der Waals surface area (Å²) < 4.78 is 11.8. The first kappa shape index (κ1) is 14.2. The Hall–Kier alpha value is -1.82. The van der Waals surface area contributed by atoms with Crippen molar-refractivity contribution in [3.8, 4) is 15.6 Å². The van der Waals surface area contributed by atoms with Crippen molar-refractivity contribution in [2.45, 2.75) is 6.92 Å². The van der Waals surface area contributed by atoms with E-state index in [1.54, 1.807) is 35.6 Å². The Morgan fingerprint density at radius 1 is 1.56 bits per heavy atom. The van der Waals surface area contributed by atoms with E-state index in [4.69, 9.17) is 4.74 Å². The van der Waals surface area contributed by atoms with E-state index in [0.29, 0.717) is 5.56 Å². The van der Waals surface area contributed by atoms with Gasteiger partial charge in [-0.2, -0.15) is 0 Å². The molecule has 1 rings (SSSR count). The van der Waals surface area contributed by atoms with E-state index < -0.39 is 11.1 Å². The third kappa shape index (κ3) is 4.21. The molecule has 18 heavy (non-hydrogen) atoms. The van der Waals surface area contributed by atoms with Crippen molar-refractivity contribution in [1.82, 2.24) is 0 Å². The molecule has 1 aromatic carbocycles. The van der Waals surface area contributed by atoms with Crippen LogP contribution in [0.5, 0.6) is 5.75 Å². The van der Waals surface area contributed by atoms with Gasteiger partial charge in [0, 0.05) is 28.7 Å². The largest absolute Gasteiger partial charge is 0.515 e. The van der Waals surface area contributed by atoms with E-state index in [9.17, 15) is 14.9 Å². The number of hydrogen-bond acceptors (Lipinski definition) is 5. The van der Waals surface area contributed by atoms with Crippen molar-refractivity contribution < 1.29 is 19.2 Å². The smallest absolute Gasteiger partial charge is 0.421 e. The van der Waals surface area contributed by atoms with Crippen LogP contribution in [0.3, 0.4) is 0 Å². The molecule has 0 atom stereocenters. The Kier molecular flexibility index (Phi) is 5.38. The monoisotopic (exact) mass is 361 g/mol. The van der Waals surface area contributed by atoms with Gasteiger partial charge in [0.05, 0.1) is 4.92 Å². The molecule has 0 spiro atoms. The van der Waals surface area contributed by atoms with Crippen molar-refractivity contribution in [1.29, 1.82) is 0 Å². The second-order valence-electron chi connectivity index (χ2n) is 3.14. The summed E-state index contributed by atoms with van der Waals surface area (Å²) >= 11 is 1.79. The zero-order valence-electron chi connectivity index (χ0n) is 9.31. The summed E-state index contributed by atoms with van der Waals surface area (Å²) in [6.45, 7) is 1.58. The molecule has 0 N–H and O–H groups in total. The number of carbonyl (C=O) groups is 1. The normalized spacial score (nSPS) is 9.00. The lowest BCUT2D eigenvalue weighted by Crippen LogP contribution is -2.11. The first-order valence-corrected chi connectivity index (χ1v) is 5.80. The fraction of sp³-hybridized carbons (Fsp3) is 0.182. The van der Waals surface area contributed by atoms with Crippen LogP contribution in [0.25, 0.3) is 0 Å². The Morgan fingerprint density at radius 3 is 2.89 bits per heavy atom. The van der Waals surface area contributed by atoms with Gasteiger partial charge in [0.1, 0.15) is 0 Å². The molecule has 0 fully saturated rings. The molecule has 6 nitrogen and oxygen atoms in total. The molecule has 0 saturated heterocycles. The lowest BCUT2D eigenvalue weighted by molar-refractivity contribution is -0.385. The molecular weight excluding hydrogens is 353 g/mol. The maximum absolute atomic E-state index is 11.2. The number of rotatable bonds is 3. The number of nitro benzene ring substituents is 1. The van der Waals surface area contributed by atoms with E-state index in [0.717, 1.165) is 0 Å². The van der Waals surface area contributed by atoms with E-state index in [1.807, 2.05) is 0 Å². The summed E-state index contributed by atoms with van der Waals surface area (Å²) in [6.07, 6.45) is -1.03. The number of halogens is 1. The average molecular weight is 361 g/mol. The quantitative estimate of drug-likeness (QED) is 0.207. The highest BCUT2D eigenvalue weighted by Crippen LogP contribution is 2.27. The van der Waals surface area contributed by atoms with E-state index in [2.05, 4.69) is 14.6 Å². The van der Waals surface area contributed by atoms with Gasteiger partial charge in [-0.1, -0.05) is 12.0 Å². The van der Waals surface area contributed by atoms with Crippen LogP contribution in [0.2, 0.25) is 0 Å². The Morgan fingerprint density at radius 2 is 2.28 bits per heavy atom. The summed E-state index contributed by atoms with van der Waals surface area (Å²) in [5, 5.41) is 10.8. The standard InChI is InChI=1S/C11H8INO5/c1-8-3-4-10(9(7-8)13(15)16)18-11(14)17-6-2-5-12/h3-4,7H,6H2,1H3. The van der Waals surface area contributed by atoms with Crippen LogP contribution in [0.1, 0.15) is 5.56 Å². The molecule has 0 aliphatic rings. The summed E-state index contributed by atoms with van der Waals surface area (Å²) in [7, 11) is 0. The average Bonchev–Trinajstić information content (AvgIpc) is 2.31. The number of nitrogens with zero attached hydrogens (tertiary/aromatic N) is 1. The second kappa shape index (κ2) is 6.80. The van der Waals surface area contributed by atoms with E-state index in [1.165, 1.54) is 12.1 Å². The number of hydrogen-bond donors (Lipinski definition) is 0. The SMILES string of the molecule is Cc1ccc(OC(=O)OCC#CI)c([N+](=O)[O-])c1. The number of benzene rings is 1. The van der Waals surface area contributed by atoms with Crippen LogP contribution in [0.15, 0.2) is 18.2 Å². The fourth-order valence-electron chi connectivity index (χ4n) is 1.10. The van der Waals surface area contributed by atoms with Crippen molar-refractivity contribution >= 4 is 34.4 Å². The minimum Gasteiger partial charge on any atom is -0.421 e. The lowest BCUT2D eigenvalue weighted by Gasteiger charge is -2.04. The highest BCUT2D eigenvalue weighted by molar-refractivity contribution is 14.1. The van der Waals surface area contributed by atoms with Crippen molar-refractivity contribution in [3.63, 3.8) is 0 Å². The van der Waals surface area contributed by atoms with Gasteiger partial charge in [0.2, 0.25) is 5.75 Å². The van der Waals surface area contributed by atoms with Gasteiger partial charge in [0.25, 0.3) is 0 Å². The van der Waals surface area contributed by atoms with Crippen LogP contribution in [0.4, 0.5) is 10.5 Å². The third-order valence-corrected chi connectivity index (χ3v) is 2.21. The van der Waals surface area contributed by atoms with Gasteiger partial charge in [-0.15, -0.1) is 0 Å². The highest BCUT2D eigenvalue weighted by Gasteiger charge is 2.18. The van der Waals surface area contributed by atoms with Crippen molar-refractivity contribution in [2.75, 3.05) is 6.61 Å². The van der Waals surface area contributed by atoms with E-state index in [-0.39, 0.29) is 18.0 Å². The zero-order valence-corrected chi connectivity index (χ0v) is 11.5. The minimum atomic E-state index is -1.03. The molecule has 0 radical (unpaired) electrons. The minimum absolute atomic E-state index is 0.124. The van der Waals surface area contributed by atoms with Crippen LogP contribution in [-0.2, 0) is 4.74 Å². The zero-order chi connectivity index (χ0) is 13.5. The molecule has 0 heterocycles. The molecule has 0 bridgehead atoms. The Bertz CT molecular complexity index is 532. The maximum atomic E-state index is 11.2. The molecule has 0 saturated carbocycles. The molecule has 94 valence electrons. The fourth-order valence-corrected chi connectivity index (χ4v) is 1.25. The van der Waals surface area contributed by atoms with E-state index >= 15 is 0 Å². The van der Waals surface area contributed by atoms with Gasteiger partial charge in [-0.05, 0) is 22.5 Å². The Labute approximate surface area is 117 Å². The van der Waals surface area contributed by atoms with Gasteiger partial charge in [-0.25, -0.2) is 4.79 Å². The van der Waals surface area contributed by atoms with Gasteiger partial charge >= 0.3 is 11.8 Å². The first-order chi connectivity index (χ1) is 8.54. The third-order valence-electron chi connectivity index (χ3n) is 1.83. The number of aryl methyl sites for hydroxylation is 1. The summed E-state index contributed by atoms with van der Waals surface area (Å²) in [5.41, 5.74) is 0.408. The molecular formula is C11H8INO5. The topological polar surface area (TPSA) is 78.7 Å². The molecule has 0 unspecified atom stereocenters. The molecule has 0 aliphatic heterocycles. The highest BCUT2D eigenvalue weighted by atomic mass is 127. The lowest BCUT2D eigenvalue weighted by atomic mass is 10.2. The van der Waals surface area contributed by atoms with Gasteiger partial charge < -0.3 is 9.47 Å². The Balaban J connectivity index is 2.79. The van der Waals surface area contributed by atoms with Crippen LogP contribution >= 0.6 is 22.6 Å². The predicted molar refractivity (Wildman–Crippen MR) is 71.6 cm³/mol. The van der Waals surface area contributed by atoms with Crippen LogP contribution < -0.4 is 4.74 Å². The molecule has 0 aromatic heterocycles. The molecule has 1 aromatic rings. The number of carbonyl (C=O) groups excluding carboxylic acids is 1. The number of nitro groups is 1. The predicted octanol–water partition coefficient (Wildman–Crippen LogP) is 2.81. The molecule has 0 amide bonds. The van der Waals surface area contributed by atoms with Gasteiger partial charge in [0.15, 0.2) is 6.61 Å². The summed E-state index contributed by atoms with van der Waals surface area (Å²) in [5.74, 6) is 2.34.